The van der Waals surface area contributed by atoms with E-state index in [1.807, 2.05) is 0 Å². The number of hydrogen-bond donors (Lipinski definition) is 4. The number of rotatable bonds is 5. The van der Waals surface area contributed by atoms with Crippen LogP contribution in [0.15, 0.2) is 40.9 Å². The van der Waals surface area contributed by atoms with Crippen molar-refractivity contribution in [3.8, 4) is 0 Å². The predicted octanol–water partition coefficient (Wildman–Crippen LogP) is 3.66. The van der Waals surface area contributed by atoms with Gasteiger partial charge in [0.2, 0.25) is 0 Å². The molecule has 1 aromatic carbocycles. The lowest BCUT2D eigenvalue weighted by molar-refractivity contribution is 0.262. The summed E-state index contributed by atoms with van der Waals surface area (Å²) in [4.78, 5) is 16.3. The Morgan fingerprint density at radius 1 is 1.15 bits per heavy atom. The number of benzene rings is 1. The highest BCUT2D eigenvalue weighted by molar-refractivity contribution is 6.01. The van der Waals surface area contributed by atoms with E-state index in [4.69, 9.17) is 10.3 Å². The number of carbonyl (C=O) groups is 1. The van der Waals surface area contributed by atoms with Crippen LogP contribution in [0.25, 0.3) is 0 Å². The normalized spacial score (nSPS) is 10.5. The summed E-state index contributed by atoms with van der Waals surface area (Å²) < 4.78 is 17.9. The topological polar surface area (TPSA) is 118 Å². The second-order valence-corrected chi connectivity index (χ2v) is 5.89. The Kier molecular flexibility index (Phi) is 5.20. The Labute approximate surface area is 155 Å². The standard InChI is InChI=1S/C18H19FN6O2/c1-10-16(11(2)27-25-10)24-18(26)22-14-7-8-15(23-17(14)20)21-9-12-3-5-13(19)6-4-12/h3-8H,9H2,1-2H3,(H3,20,21,23)(H2,22,24,26). The number of nitrogens with zero attached hydrogens (tertiary/aromatic N) is 2. The van der Waals surface area contributed by atoms with Gasteiger partial charge in [-0.2, -0.15) is 0 Å². The number of nitrogens with two attached hydrogens (primary N) is 1. The van der Waals surface area contributed by atoms with E-state index in [2.05, 4.69) is 26.1 Å². The molecule has 0 radical (unpaired) electrons. The van der Waals surface area contributed by atoms with Crippen LogP contribution in [0.4, 0.5) is 32.2 Å². The average Bonchev–Trinajstić information content (AvgIpc) is 2.95. The van der Waals surface area contributed by atoms with Crippen LogP contribution in [-0.2, 0) is 6.54 Å². The Bertz CT molecular complexity index is 935. The molecule has 0 aliphatic carbocycles. The van der Waals surface area contributed by atoms with Crippen LogP contribution in [0.5, 0.6) is 0 Å². The first-order valence-corrected chi connectivity index (χ1v) is 8.18. The van der Waals surface area contributed by atoms with Gasteiger partial charge in [-0.1, -0.05) is 17.3 Å². The Morgan fingerprint density at radius 2 is 1.89 bits per heavy atom. The summed E-state index contributed by atoms with van der Waals surface area (Å²) in [5, 5.41) is 12.2. The lowest BCUT2D eigenvalue weighted by atomic mass is 10.2. The molecule has 0 bridgehead atoms. The molecule has 2 aromatic heterocycles. The van der Waals surface area contributed by atoms with Crippen molar-refractivity contribution in [3.05, 3.63) is 59.2 Å². The number of anilines is 4. The first-order chi connectivity index (χ1) is 12.9. The molecule has 0 aliphatic heterocycles. The third-order valence-electron chi connectivity index (χ3n) is 3.83. The monoisotopic (exact) mass is 370 g/mol. The number of urea groups is 1. The molecule has 140 valence electrons. The van der Waals surface area contributed by atoms with Gasteiger partial charge in [0.1, 0.15) is 28.8 Å². The van der Waals surface area contributed by atoms with Crippen molar-refractivity contribution in [1.82, 2.24) is 10.1 Å². The van der Waals surface area contributed by atoms with Gasteiger partial charge in [-0.05, 0) is 43.7 Å². The number of nitrogens with one attached hydrogen (secondary N) is 3. The molecule has 2 amide bonds. The van der Waals surface area contributed by atoms with Crippen molar-refractivity contribution in [2.75, 3.05) is 21.7 Å². The van der Waals surface area contributed by atoms with Crippen molar-refractivity contribution in [1.29, 1.82) is 0 Å². The highest BCUT2D eigenvalue weighted by Gasteiger charge is 2.13. The maximum absolute atomic E-state index is 12.9. The number of hydrogen-bond acceptors (Lipinski definition) is 6. The summed E-state index contributed by atoms with van der Waals surface area (Å²) in [5.74, 6) is 0.919. The van der Waals surface area contributed by atoms with E-state index in [1.54, 1.807) is 38.1 Å². The van der Waals surface area contributed by atoms with Gasteiger partial charge in [0.05, 0.1) is 5.69 Å². The molecule has 0 fully saturated rings. The van der Waals surface area contributed by atoms with Crippen LogP contribution in [0, 0.1) is 19.7 Å². The molecule has 0 aliphatic rings. The summed E-state index contributed by atoms with van der Waals surface area (Å²) in [5.41, 5.74) is 8.27. The number of nitrogen functional groups attached to an aromatic ring is 1. The zero-order chi connectivity index (χ0) is 19.4. The van der Waals surface area contributed by atoms with Crippen molar-refractivity contribution in [2.45, 2.75) is 20.4 Å². The minimum absolute atomic E-state index is 0.160. The Hall–Kier alpha value is -3.62. The second-order valence-electron chi connectivity index (χ2n) is 5.89. The lowest BCUT2D eigenvalue weighted by Crippen LogP contribution is -2.21. The van der Waals surface area contributed by atoms with E-state index in [9.17, 15) is 9.18 Å². The number of halogens is 1. The zero-order valence-electron chi connectivity index (χ0n) is 14.8. The molecular weight excluding hydrogens is 351 g/mol. The van der Waals surface area contributed by atoms with Crippen LogP contribution >= 0.6 is 0 Å². The molecular formula is C18H19FN6O2. The van der Waals surface area contributed by atoms with Crippen LogP contribution in [0.2, 0.25) is 0 Å². The third-order valence-corrected chi connectivity index (χ3v) is 3.83. The minimum Gasteiger partial charge on any atom is -0.382 e. The van der Waals surface area contributed by atoms with Gasteiger partial charge < -0.3 is 26.2 Å². The number of aryl methyl sites for hydroxylation is 2. The van der Waals surface area contributed by atoms with E-state index in [-0.39, 0.29) is 11.6 Å². The molecule has 3 rings (SSSR count). The fourth-order valence-electron chi connectivity index (χ4n) is 2.40. The van der Waals surface area contributed by atoms with E-state index in [0.29, 0.717) is 35.2 Å². The van der Waals surface area contributed by atoms with Crippen LogP contribution in [-0.4, -0.2) is 16.2 Å². The van der Waals surface area contributed by atoms with Crippen molar-refractivity contribution in [3.63, 3.8) is 0 Å². The van der Waals surface area contributed by atoms with Gasteiger partial charge in [-0.25, -0.2) is 14.2 Å². The van der Waals surface area contributed by atoms with Gasteiger partial charge >= 0.3 is 6.03 Å². The molecule has 0 atom stereocenters. The lowest BCUT2D eigenvalue weighted by Gasteiger charge is -2.11. The van der Waals surface area contributed by atoms with Crippen molar-refractivity contribution in [2.24, 2.45) is 0 Å². The van der Waals surface area contributed by atoms with E-state index < -0.39 is 6.03 Å². The fraction of sp³-hybridized carbons (Fsp3) is 0.167. The quantitative estimate of drug-likeness (QED) is 0.544. The third kappa shape index (κ3) is 4.51. The number of carbonyl (C=O) groups excluding carboxylic acids is 1. The van der Waals surface area contributed by atoms with Gasteiger partial charge in [-0.3, -0.25) is 0 Å². The Balaban J connectivity index is 1.60. The van der Waals surface area contributed by atoms with Crippen molar-refractivity contribution < 1.29 is 13.7 Å². The SMILES string of the molecule is Cc1noc(C)c1NC(=O)Nc1ccc(NCc2ccc(F)cc2)nc1N. The highest BCUT2D eigenvalue weighted by atomic mass is 19.1. The van der Waals surface area contributed by atoms with Crippen LogP contribution in [0.3, 0.4) is 0 Å². The fourth-order valence-corrected chi connectivity index (χ4v) is 2.40. The zero-order valence-corrected chi connectivity index (χ0v) is 14.8. The van der Waals surface area contributed by atoms with Gasteiger partial charge in [0, 0.05) is 6.54 Å². The van der Waals surface area contributed by atoms with E-state index in [0.717, 1.165) is 5.56 Å². The Morgan fingerprint density at radius 3 is 2.52 bits per heavy atom. The average molecular weight is 370 g/mol. The predicted molar refractivity (Wildman–Crippen MR) is 101 cm³/mol. The second kappa shape index (κ2) is 7.73. The molecule has 0 unspecified atom stereocenters. The maximum atomic E-state index is 12.9. The summed E-state index contributed by atoms with van der Waals surface area (Å²) in [7, 11) is 0. The summed E-state index contributed by atoms with van der Waals surface area (Å²) in [6.07, 6.45) is 0. The molecule has 2 heterocycles. The number of amides is 2. The summed E-state index contributed by atoms with van der Waals surface area (Å²) in [6, 6.07) is 8.99. The highest BCUT2D eigenvalue weighted by Crippen LogP contribution is 2.22. The minimum atomic E-state index is -0.482. The number of pyridine rings is 1. The molecule has 0 saturated carbocycles. The molecule has 3 aromatic rings. The molecule has 0 saturated heterocycles. The van der Waals surface area contributed by atoms with Gasteiger partial charge in [-0.15, -0.1) is 0 Å². The van der Waals surface area contributed by atoms with Crippen LogP contribution in [0.1, 0.15) is 17.0 Å². The van der Waals surface area contributed by atoms with Crippen molar-refractivity contribution >= 4 is 29.0 Å². The maximum Gasteiger partial charge on any atom is 0.323 e. The smallest absolute Gasteiger partial charge is 0.323 e. The molecule has 8 nitrogen and oxygen atoms in total. The summed E-state index contributed by atoms with van der Waals surface area (Å²) >= 11 is 0. The van der Waals surface area contributed by atoms with Crippen LogP contribution < -0.4 is 21.7 Å². The first-order valence-electron chi connectivity index (χ1n) is 8.18. The molecule has 5 N–H and O–H groups in total. The molecule has 27 heavy (non-hydrogen) atoms. The summed E-state index contributed by atoms with van der Waals surface area (Å²) in [6.45, 7) is 3.89. The molecule has 0 spiro atoms. The first kappa shape index (κ1) is 18.2. The van der Waals surface area contributed by atoms with Gasteiger partial charge in [0.25, 0.3) is 0 Å². The van der Waals surface area contributed by atoms with E-state index >= 15 is 0 Å². The number of aromatic nitrogens is 2. The largest absolute Gasteiger partial charge is 0.382 e. The van der Waals surface area contributed by atoms with E-state index in [1.165, 1.54) is 12.1 Å². The van der Waals surface area contributed by atoms with Gasteiger partial charge in [0.15, 0.2) is 5.76 Å². The molecule has 9 heteroatoms.